The first-order valence-corrected chi connectivity index (χ1v) is 6.94. The van der Waals surface area contributed by atoms with E-state index in [1.54, 1.807) is 12.1 Å². The second kappa shape index (κ2) is 5.58. The van der Waals surface area contributed by atoms with Crippen LogP contribution in [0.3, 0.4) is 0 Å². The molecule has 1 aliphatic carbocycles. The van der Waals surface area contributed by atoms with Crippen LogP contribution in [-0.4, -0.2) is 17.6 Å². The van der Waals surface area contributed by atoms with Gasteiger partial charge in [-0.2, -0.15) is 13.2 Å². The number of amides is 1. The van der Waals surface area contributed by atoms with E-state index in [-0.39, 0.29) is 12.8 Å². The number of primary amides is 1. The number of carbonyl (C=O) groups is 1. The molecule has 3 nitrogen and oxygen atoms in total. The van der Waals surface area contributed by atoms with Crippen molar-refractivity contribution < 1.29 is 18.0 Å². The average Bonchev–Trinajstić information content (AvgIpc) is 2.40. The molecule has 1 aliphatic rings. The highest BCUT2D eigenvalue weighted by Crippen LogP contribution is 2.43. The number of hydrogen-bond acceptors (Lipinski definition) is 2. The molecule has 0 saturated heterocycles. The number of carbonyl (C=O) groups excluding carboxylic acids is 1. The van der Waals surface area contributed by atoms with E-state index in [2.05, 4.69) is 5.32 Å². The summed E-state index contributed by atoms with van der Waals surface area (Å²) < 4.78 is 38.9. The van der Waals surface area contributed by atoms with Gasteiger partial charge in [0.1, 0.15) is 5.54 Å². The third kappa shape index (κ3) is 3.49. The predicted octanol–water partition coefficient (Wildman–Crippen LogP) is 3.38. The maximum Gasteiger partial charge on any atom is 0.391 e. The van der Waals surface area contributed by atoms with Crippen LogP contribution in [0.15, 0.2) is 24.3 Å². The molecule has 21 heavy (non-hydrogen) atoms. The van der Waals surface area contributed by atoms with Crippen molar-refractivity contribution in [1.82, 2.24) is 0 Å². The Labute approximate surface area is 121 Å². The van der Waals surface area contributed by atoms with E-state index in [1.165, 1.54) is 0 Å². The number of alkyl halides is 3. The van der Waals surface area contributed by atoms with Gasteiger partial charge in [-0.05, 0) is 44.7 Å². The van der Waals surface area contributed by atoms with Crippen LogP contribution in [0.25, 0.3) is 0 Å². The number of nitrogens with two attached hydrogens (primary N) is 1. The standard InChI is InChI=1S/C15H19F3N2O/c1-10-4-6-12(7-5-10)20-14(13(19)21)8-2-3-11(9-14)15(16,17)18/h4-7,11,20H,2-3,8-9H2,1H3,(H2,19,21). The van der Waals surface area contributed by atoms with Gasteiger partial charge in [0.15, 0.2) is 0 Å². The van der Waals surface area contributed by atoms with E-state index >= 15 is 0 Å². The number of hydrogen-bond donors (Lipinski definition) is 2. The summed E-state index contributed by atoms with van der Waals surface area (Å²) in [5, 5.41) is 2.95. The van der Waals surface area contributed by atoms with Gasteiger partial charge in [-0.3, -0.25) is 4.79 Å². The maximum absolute atomic E-state index is 13.0. The van der Waals surface area contributed by atoms with Crippen molar-refractivity contribution in [3.8, 4) is 0 Å². The van der Waals surface area contributed by atoms with Gasteiger partial charge in [0, 0.05) is 5.69 Å². The molecular weight excluding hydrogens is 281 g/mol. The molecule has 2 unspecified atom stereocenters. The molecule has 2 atom stereocenters. The molecule has 1 aromatic carbocycles. The fraction of sp³-hybridized carbons (Fsp3) is 0.533. The number of nitrogens with one attached hydrogen (secondary N) is 1. The Morgan fingerprint density at radius 3 is 2.48 bits per heavy atom. The molecule has 1 aromatic rings. The molecular formula is C15H19F3N2O. The molecule has 2 rings (SSSR count). The summed E-state index contributed by atoms with van der Waals surface area (Å²) in [6.07, 6.45) is -3.90. The maximum atomic E-state index is 13.0. The van der Waals surface area contributed by atoms with Crippen molar-refractivity contribution in [2.45, 2.75) is 44.3 Å². The van der Waals surface area contributed by atoms with Crippen LogP contribution in [-0.2, 0) is 4.79 Å². The summed E-state index contributed by atoms with van der Waals surface area (Å²) in [4.78, 5) is 11.8. The van der Waals surface area contributed by atoms with Crippen molar-refractivity contribution >= 4 is 11.6 Å². The monoisotopic (exact) mass is 300 g/mol. The largest absolute Gasteiger partial charge is 0.391 e. The topological polar surface area (TPSA) is 55.1 Å². The van der Waals surface area contributed by atoms with Crippen LogP contribution in [0, 0.1) is 12.8 Å². The third-order valence-corrected chi connectivity index (χ3v) is 4.12. The molecule has 0 aliphatic heterocycles. The summed E-state index contributed by atoms with van der Waals surface area (Å²) in [6.45, 7) is 1.91. The molecule has 1 amide bonds. The Morgan fingerprint density at radius 1 is 1.33 bits per heavy atom. The fourth-order valence-electron chi connectivity index (χ4n) is 2.87. The minimum atomic E-state index is -4.30. The van der Waals surface area contributed by atoms with E-state index in [0.717, 1.165) is 5.56 Å². The van der Waals surface area contributed by atoms with Gasteiger partial charge in [-0.25, -0.2) is 0 Å². The highest BCUT2D eigenvalue weighted by atomic mass is 19.4. The molecule has 0 bridgehead atoms. The lowest BCUT2D eigenvalue weighted by Crippen LogP contribution is -2.55. The Morgan fingerprint density at radius 2 is 1.95 bits per heavy atom. The van der Waals surface area contributed by atoms with Crippen LogP contribution in [0.1, 0.15) is 31.2 Å². The Kier molecular flexibility index (Phi) is 4.16. The smallest absolute Gasteiger partial charge is 0.371 e. The SMILES string of the molecule is Cc1ccc(NC2(C(N)=O)CCCC(C(F)(F)F)C2)cc1. The van der Waals surface area contributed by atoms with E-state index < -0.39 is 23.5 Å². The van der Waals surface area contributed by atoms with Crippen LogP contribution in [0.5, 0.6) is 0 Å². The first-order valence-electron chi connectivity index (χ1n) is 6.94. The molecule has 6 heteroatoms. The summed E-state index contributed by atoms with van der Waals surface area (Å²) in [6, 6.07) is 7.16. The molecule has 0 spiro atoms. The summed E-state index contributed by atoms with van der Waals surface area (Å²) in [5.41, 5.74) is 5.74. The molecule has 3 N–H and O–H groups in total. The van der Waals surface area contributed by atoms with Crippen molar-refractivity contribution in [1.29, 1.82) is 0 Å². The Hall–Kier alpha value is -1.72. The first kappa shape index (κ1) is 15.7. The number of benzene rings is 1. The average molecular weight is 300 g/mol. The van der Waals surface area contributed by atoms with Gasteiger partial charge in [0.05, 0.1) is 5.92 Å². The third-order valence-electron chi connectivity index (χ3n) is 4.12. The van der Waals surface area contributed by atoms with Gasteiger partial charge in [-0.1, -0.05) is 17.7 Å². The summed E-state index contributed by atoms with van der Waals surface area (Å²) in [7, 11) is 0. The van der Waals surface area contributed by atoms with Gasteiger partial charge >= 0.3 is 6.18 Å². The molecule has 1 saturated carbocycles. The van der Waals surface area contributed by atoms with E-state index in [9.17, 15) is 18.0 Å². The zero-order valence-corrected chi connectivity index (χ0v) is 11.8. The van der Waals surface area contributed by atoms with Crippen LogP contribution >= 0.6 is 0 Å². The predicted molar refractivity (Wildman–Crippen MR) is 74.7 cm³/mol. The molecule has 0 heterocycles. The highest BCUT2D eigenvalue weighted by Gasteiger charge is 2.50. The van der Waals surface area contributed by atoms with Gasteiger partial charge < -0.3 is 11.1 Å². The lowest BCUT2D eigenvalue weighted by atomic mass is 9.74. The zero-order valence-electron chi connectivity index (χ0n) is 11.8. The van der Waals surface area contributed by atoms with Crippen LogP contribution < -0.4 is 11.1 Å². The normalized spacial score (nSPS) is 26.4. The number of anilines is 1. The number of rotatable bonds is 3. The second-order valence-corrected chi connectivity index (χ2v) is 5.77. The lowest BCUT2D eigenvalue weighted by Gasteiger charge is -2.40. The Balaban J connectivity index is 2.24. The number of aryl methyl sites for hydroxylation is 1. The van der Waals surface area contributed by atoms with Crippen LogP contribution in [0.4, 0.5) is 18.9 Å². The van der Waals surface area contributed by atoms with Crippen molar-refractivity contribution in [2.24, 2.45) is 11.7 Å². The van der Waals surface area contributed by atoms with E-state index in [1.807, 2.05) is 19.1 Å². The highest BCUT2D eigenvalue weighted by molar-refractivity contribution is 5.88. The molecule has 0 aromatic heterocycles. The van der Waals surface area contributed by atoms with Gasteiger partial charge in [-0.15, -0.1) is 0 Å². The summed E-state index contributed by atoms with van der Waals surface area (Å²) in [5.74, 6) is -2.21. The fourth-order valence-corrected chi connectivity index (χ4v) is 2.87. The lowest BCUT2D eigenvalue weighted by molar-refractivity contribution is -0.186. The second-order valence-electron chi connectivity index (χ2n) is 5.77. The zero-order chi connectivity index (χ0) is 15.7. The van der Waals surface area contributed by atoms with Crippen molar-refractivity contribution in [3.05, 3.63) is 29.8 Å². The molecule has 1 fully saturated rings. The molecule has 116 valence electrons. The Bertz CT molecular complexity index is 513. The quantitative estimate of drug-likeness (QED) is 0.899. The van der Waals surface area contributed by atoms with Crippen LogP contribution in [0.2, 0.25) is 0 Å². The van der Waals surface area contributed by atoms with Crippen molar-refractivity contribution in [3.63, 3.8) is 0 Å². The van der Waals surface area contributed by atoms with E-state index in [4.69, 9.17) is 5.73 Å². The minimum Gasteiger partial charge on any atom is -0.371 e. The molecule has 0 radical (unpaired) electrons. The minimum absolute atomic E-state index is 0.0497. The van der Waals surface area contributed by atoms with E-state index in [0.29, 0.717) is 18.5 Å². The van der Waals surface area contributed by atoms with Crippen molar-refractivity contribution in [2.75, 3.05) is 5.32 Å². The van der Waals surface area contributed by atoms with Gasteiger partial charge in [0.2, 0.25) is 5.91 Å². The first-order chi connectivity index (χ1) is 9.73. The number of halogens is 3. The van der Waals surface area contributed by atoms with Gasteiger partial charge in [0.25, 0.3) is 0 Å². The summed E-state index contributed by atoms with van der Waals surface area (Å²) >= 11 is 0.